The number of carbonyl (C=O) groups is 1. The van der Waals surface area contributed by atoms with Gasteiger partial charge in [0.25, 0.3) is 0 Å². The third kappa shape index (κ3) is 4.63. The molecule has 1 N–H and O–H groups in total. The van der Waals surface area contributed by atoms with Crippen molar-refractivity contribution < 1.29 is 9.53 Å². The first-order chi connectivity index (χ1) is 17.5. The van der Waals surface area contributed by atoms with E-state index in [1.807, 2.05) is 11.1 Å². The molecule has 0 unspecified atom stereocenters. The van der Waals surface area contributed by atoms with Crippen LogP contribution in [0.1, 0.15) is 18.9 Å². The maximum absolute atomic E-state index is 12.2. The van der Waals surface area contributed by atoms with Crippen molar-refractivity contribution in [1.29, 1.82) is 0 Å². The number of methoxy groups -OCH3 is 1. The molecule has 0 saturated carbocycles. The molecular weight excluding hydrogens is 454 g/mol. The molecule has 1 amide bonds. The molecule has 1 aromatic carbocycles. The number of likely N-dealkylation sites (tertiary alicyclic amines) is 1. The Morgan fingerprint density at radius 1 is 1.22 bits per heavy atom. The van der Waals surface area contributed by atoms with Crippen LogP contribution in [-0.2, 0) is 4.79 Å². The van der Waals surface area contributed by atoms with Gasteiger partial charge in [0.05, 0.1) is 25.4 Å². The highest BCUT2D eigenvalue weighted by Crippen LogP contribution is 2.38. The van der Waals surface area contributed by atoms with Crippen LogP contribution in [0.3, 0.4) is 0 Å². The Hall–Kier alpha value is -3.59. The number of nitrogens with one attached hydrogen (secondary N) is 1. The van der Waals surface area contributed by atoms with E-state index in [1.165, 1.54) is 11.8 Å². The largest absolute Gasteiger partial charge is 0.494 e. The summed E-state index contributed by atoms with van der Waals surface area (Å²) in [7, 11) is 3.88. The highest BCUT2D eigenvalue weighted by molar-refractivity contribution is 5.87. The Morgan fingerprint density at radius 3 is 2.78 bits per heavy atom. The number of rotatable bonds is 6. The first-order valence-corrected chi connectivity index (χ1v) is 12.5. The molecule has 2 fully saturated rings. The van der Waals surface area contributed by atoms with Crippen LogP contribution in [0.4, 0.5) is 17.2 Å². The minimum absolute atomic E-state index is 0.0207. The number of hydrogen-bond donors (Lipinski definition) is 1. The molecule has 190 valence electrons. The second kappa shape index (κ2) is 10.2. The number of allylic oxidation sites excluding steroid dienone is 1. The maximum atomic E-state index is 12.2. The minimum Gasteiger partial charge on any atom is -0.494 e. The van der Waals surface area contributed by atoms with Gasteiger partial charge in [-0.25, -0.2) is 9.97 Å². The predicted molar refractivity (Wildman–Crippen MR) is 143 cm³/mol. The van der Waals surface area contributed by atoms with E-state index in [9.17, 15) is 4.79 Å². The number of benzene rings is 1. The van der Waals surface area contributed by atoms with Crippen LogP contribution >= 0.6 is 0 Å². The van der Waals surface area contributed by atoms with E-state index < -0.39 is 0 Å². The fourth-order valence-corrected chi connectivity index (χ4v) is 5.31. The lowest BCUT2D eigenvalue weighted by atomic mass is 10.0. The van der Waals surface area contributed by atoms with E-state index >= 15 is 0 Å². The Balaban J connectivity index is 1.40. The van der Waals surface area contributed by atoms with Crippen molar-refractivity contribution in [2.24, 2.45) is 0 Å². The van der Waals surface area contributed by atoms with Gasteiger partial charge >= 0.3 is 0 Å². The van der Waals surface area contributed by atoms with Gasteiger partial charge in [-0.3, -0.25) is 4.79 Å². The Labute approximate surface area is 213 Å². The SMILES string of the molecule is C=CC(=O)N1CC[C@H](N2CC(Nc3ccc(N4CCN(C)CC4)cc3OC)=C(C)c3cncnc32)C1. The minimum atomic E-state index is -0.0207. The van der Waals surface area contributed by atoms with Gasteiger partial charge in [0.2, 0.25) is 5.91 Å². The third-order valence-corrected chi connectivity index (χ3v) is 7.58. The van der Waals surface area contributed by atoms with Gasteiger partial charge in [-0.1, -0.05) is 6.58 Å². The van der Waals surface area contributed by atoms with Crippen molar-refractivity contribution in [2.75, 3.05) is 75.1 Å². The zero-order valence-electron chi connectivity index (χ0n) is 21.4. The molecule has 2 aromatic rings. The quantitative estimate of drug-likeness (QED) is 0.621. The lowest BCUT2D eigenvalue weighted by Crippen LogP contribution is -2.44. The number of amides is 1. The molecule has 1 atom stereocenters. The van der Waals surface area contributed by atoms with Crippen LogP contribution in [0.5, 0.6) is 5.75 Å². The first-order valence-electron chi connectivity index (χ1n) is 12.5. The number of hydrogen-bond acceptors (Lipinski definition) is 8. The molecule has 0 spiro atoms. The first kappa shape index (κ1) is 24.1. The van der Waals surface area contributed by atoms with Crippen molar-refractivity contribution in [1.82, 2.24) is 19.8 Å². The summed E-state index contributed by atoms with van der Waals surface area (Å²) < 4.78 is 5.81. The third-order valence-electron chi connectivity index (χ3n) is 7.58. The predicted octanol–water partition coefficient (Wildman–Crippen LogP) is 2.69. The van der Waals surface area contributed by atoms with Gasteiger partial charge in [0, 0.05) is 68.5 Å². The smallest absolute Gasteiger partial charge is 0.246 e. The fourth-order valence-electron chi connectivity index (χ4n) is 5.31. The van der Waals surface area contributed by atoms with Crippen molar-refractivity contribution in [3.8, 4) is 5.75 Å². The number of piperazine rings is 1. The van der Waals surface area contributed by atoms with Crippen LogP contribution < -0.4 is 19.9 Å². The van der Waals surface area contributed by atoms with Crippen molar-refractivity contribution in [3.63, 3.8) is 0 Å². The van der Waals surface area contributed by atoms with E-state index in [0.717, 1.165) is 73.2 Å². The molecule has 2 saturated heterocycles. The average Bonchev–Trinajstić information content (AvgIpc) is 3.40. The van der Waals surface area contributed by atoms with E-state index in [-0.39, 0.29) is 11.9 Å². The molecule has 5 rings (SSSR count). The van der Waals surface area contributed by atoms with Crippen molar-refractivity contribution in [2.45, 2.75) is 19.4 Å². The second-order valence-corrected chi connectivity index (χ2v) is 9.72. The van der Waals surface area contributed by atoms with E-state index in [2.05, 4.69) is 68.7 Å². The molecule has 0 aliphatic carbocycles. The molecule has 9 nitrogen and oxygen atoms in total. The average molecular weight is 490 g/mol. The Bertz CT molecular complexity index is 1170. The molecule has 1 aromatic heterocycles. The lowest BCUT2D eigenvalue weighted by molar-refractivity contribution is -0.125. The summed E-state index contributed by atoms with van der Waals surface area (Å²) in [5.41, 5.74) is 5.31. The van der Waals surface area contributed by atoms with Gasteiger partial charge in [0.15, 0.2) is 0 Å². The Morgan fingerprint density at radius 2 is 2.03 bits per heavy atom. The van der Waals surface area contributed by atoms with Crippen molar-refractivity contribution in [3.05, 3.63) is 54.6 Å². The van der Waals surface area contributed by atoms with Gasteiger partial charge in [-0.05, 0) is 44.2 Å². The zero-order valence-corrected chi connectivity index (χ0v) is 21.4. The van der Waals surface area contributed by atoms with E-state index in [4.69, 9.17) is 4.74 Å². The standard InChI is InChI=1S/C27H35N7O2/c1-5-26(35)33-9-8-21(16-33)34-17-24(19(2)22-15-28-18-29-27(22)34)30-23-7-6-20(14-25(23)36-4)32-12-10-31(3)11-13-32/h5-7,14-15,18,21,30H,1,8-13,16-17H2,2-4H3/t21-/m0/s1. The summed E-state index contributed by atoms with van der Waals surface area (Å²) in [6.07, 6.45) is 5.75. The second-order valence-electron chi connectivity index (χ2n) is 9.72. The number of ether oxygens (including phenoxy) is 1. The highest BCUT2D eigenvalue weighted by Gasteiger charge is 2.34. The van der Waals surface area contributed by atoms with Gasteiger partial charge in [0.1, 0.15) is 17.9 Å². The molecule has 3 aliphatic heterocycles. The van der Waals surface area contributed by atoms with E-state index in [0.29, 0.717) is 13.1 Å². The molecule has 0 radical (unpaired) electrons. The number of carbonyl (C=O) groups excluding carboxylic acids is 1. The summed E-state index contributed by atoms with van der Waals surface area (Å²) in [4.78, 5) is 30.0. The lowest BCUT2D eigenvalue weighted by Gasteiger charge is -2.37. The molecule has 9 heteroatoms. The normalized spacial score (nSPS) is 20.4. The molecule has 3 aliphatic rings. The van der Waals surface area contributed by atoms with Crippen LogP contribution in [0, 0.1) is 0 Å². The van der Waals surface area contributed by atoms with Crippen LogP contribution in [0.15, 0.2) is 49.1 Å². The number of anilines is 3. The van der Waals surface area contributed by atoms with Gasteiger partial charge < -0.3 is 29.7 Å². The van der Waals surface area contributed by atoms with Crippen molar-refractivity contribution >= 4 is 28.7 Å². The van der Waals surface area contributed by atoms with Gasteiger partial charge in [-0.15, -0.1) is 0 Å². The van der Waals surface area contributed by atoms with Crippen LogP contribution in [0.2, 0.25) is 0 Å². The summed E-state index contributed by atoms with van der Waals surface area (Å²) in [5.74, 6) is 1.72. The fraction of sp³-hybridized carbons (Fsp3) is 0.444. The van der Waals surface area contributed by atoms with E-state index in [1.54, 1.807) is 13.4 Å². The summed E-state index contributed by atoms with van der Waals surface area (Å²) >= 11 is 0. The molecule has 0 bridgehead atoms. The number of aromatic nitrogens is 2. The number of likely N-dealkylation sites (N-methyl/N-ethyl adjacent to an activating group) is 1. The molecular formula is C27H35N7O2. The zero-order chi connectivity index (χ0) is 25.2. The number of nitrogens with zero attached hydrogens (tertiary/aromatic N) is 6. The van der Waals surface area contributed by atoms with Gasteiger partial charge in [-0.2, -0.15) is 0 Å². The number of fused-ring (bicyclic) bond motifs is 1. The maximum Gasteiger partial charge on any atom is 0.246 e. The highest BCUT2D eigenvalue weighted by atomic mass is 16.5. The van der Waals surface area contributed by atoms with Crippen LogP contribution in [-0.4, -0.2) is 91.7 Å². The monoisotopic (exact) mass is 489 g/mol. The summed E-state index contributed by atoms with van der Waals surface area (Å²) in [6.45, 7) is 11.9. The topological polar surface area (TPSA) is 77.1 Å². The summed E-state index contributed by atoms with van der Waals surface area (Å²) in [5, 5.41) is 3.66. The van der Waals surface area contributed by atoms with Crippen LogP contribution in [0.25, 0.3) is 5.57 Å². The molecule has 4 heterocycles. The molecule has 36 heavy (non-hydrogen) atoms. The Kier molecular flexibility index (Phi) is 6.82. The summed E-state index contributed by atoms with van der Waals surface area (Å²) in [6, 6.07) is 6.57.